The minimum atomic E-state index is -4.06. The number of urea groups is 1. The largest absolute Gasteiger partial charge is 0.368 e. The first-order valence-electron chi connectivity index (χ1n) is 13.1. The zero-order valence-electron chi connectivity index (χ0n) is 21.8. The second-order valence-electron chi connectivity index (χ2n) is 9.53. The summed E-state index contributed by atoms with van der Waals surface area (Å²) in [6, 6.07) is 16.5. The number of carbonyl (C=O) groups is 1. The van der Waals surface area contributed by atoms with Crippen LogP contribution in [0.25, 0.3) is 11.0 Å². The lowest BCUT2D eigenvalue weighted by Gasteiger charge is -2.36. The first-order chi connectivity index (χ1) is 19.3. The molecule has 2 aromatic carbocycles. The van der Waals surface area contributed by atoms with Crippen molar-refractivity contribution in [3.63, 3.8) is 0 Å². The number of rotatable bonds is 9. The Morgan fingerprint density at radius 1 is 0.975 bits per heavy atom. The number of benzene rings is 2. The van der Waals surface area contributed by atoms with Crippen LogP contribution in [0.5, 0.6) is 0 Å². The van der Waals surface area contributed by atoms with Gasteiger partial charge in [-0.1, -0.05) is 47.5 Å². The van der Waals surface area contributed by atoms with E-state index in [0.29, 0.717) is 33.2 Å². The van der Waals surface area contributed by atoms with Crippen molar-refractivity contribution >= 4 is 61.7 Å². The van der Waals surface area contributed by atoms with Gasteiger partial charge in [0, 0.05) is 50.5 Å². The van der Waals surface area contributed by atoms with Gasteiger partial charge in [-0.05, 0) is 55.8 Å². The smallest absolute Gasteiger partial charge is 0.335 e. The molecule has 9 nitrogen and oxygen atoms in total. The van der Waals surface area contributed by atoms with Gasteiger partial charge in [-0.25, -0.2) is 22.5 Å². The molecule has 0 spiro atoms. The standard InChI is InChI=1S/C28H30Cl2N6O3S/c29-23-11-6-12-25(26(23)30)35-18-16-34(17-19-35)14-4-5-15-36(40(38,39)21-8-2-1-3-9-21)28(37)33-24-20-32-27-22(24)10-7-13-31-27/h1-3,6-13,20H,4-5,14-19H2,(H,31,32)(H,33,37). The predicted molar refractivity (Wildman–Crippen MR) is 160 cm³/mol. The summed E-state index contributed by atoms with van der Waals surface area (Å²) in [5.74, 6) is 0. The van der Waals surface area contributed by atoms with Crippen molar-refractivity contribution < 1.29 is 13.2 Å². The van der Waals surface area contributed by atoms with Crippen molar-refractivity contribution in [1.82, 2.24) is 19.2 Å². The van der Waals surface area contributed by atoms with Crippen molar-refractivity contribution in [2.24, 2.45) is 0 Å². The summed E-state index contributed by atoms with van der Waals surface area (Å²) in [6.45, 7) is 4.19. The fourth-order valence-electron chi connectivity index (χ4n) is 4.83. The van der Waals surface area contributed by atoms with E-state index in [4.69, 9.17) is 23.2 Å². The van der Waals surface area contributed by atoms with E-state index in [1.807, 2.05) is 18.2 Å². The van der Waals surface area contributed by atoms with Crippen molar-refractivity contribution in [2.45, 2.75) is 17.7 Å². The van der Waals surface area contributed by atoms with E-state index in [2.05, 4.69) is 25.1 Å². The summed E-state index contributed by atoms with van der Waals surface area (Å²) in [5, 5.41) is 4.57. The molecule has 1 fully saturated rings. The molecule has 4 aromatic rings. The normalized spacial score (nSPS) is 14.4. The Kier molecular flexibility index (Phi) is 8.80. The minimum absolute atomic E-state index is 0.0573. The molecule has 1 saturated heterocycles. The molecule has 0 saturated carbocycles. The van der Waals surface area contributed by atoms with Gasteiger partial charge >= 0.3 is 6.03 Å². The van der Waals surface area contributed by atoms with Crippen LogP contribution in [0, 0.1) is 0 Å². The van der Waals surface area contributed by atoms with E-state index >= 15 is 0 Å². The third-order valence-corrected chi connectivity index (χ3v) is 9.59. The van der Waals surface area contributed by atoms with Crippen LogP contribution in [0.4, 0.5) is 16.2 Å². The van der Waals surface area contributed by atoms with Crippen LogP contribution in [0.2, 0.25) is 10.0 Å². The van der Waals surface area contributed by atoms with Crippen molar-refractivity contribution in [1.29, 1.82) is 0 Å². The second kappa shape index (κ2) is 12.5. The maximum absolute atomic E-state index is 13.5. The average molecular weight is 602 g/mol. The van der Waals surface area contributed by atoms with Gasteiger partial charge in [-0.2, -0.15) is 0 Å². The van der Waals surface area contributed by atoms with Crippen molar-refractivity contribution in [2.75, 3.05) is 49.5 Å². The van der Waals surface area contributed by atoms with Crippen LogP contribution in [0.15, 0.2) is 78.0 Å². The number of hydrogen-bond donors (Lipinski definition) is 2. The van der Waals surface area contributed by atoms with Crippen LogP contribution in [0.1, 0.15) is 12.8 Å². The number of pyridine rings is 1. The maximum Gasteiger partial charge on any atom is 0.335 e. The Hall–Kier alpha value is -3.31. The Morgan fingerprint density at radius 2 is 1.75 bits per heavy atom. The molecule has 0 atom stereocenters. The van der Waals surface area contributed by atoms with Crippen LogP contribution in [-0.4, -0.2) is 72.9 Å². The first kappa shape index (κ1) is 28.2. The molecule has 40 heavy (non-hydrogen) atoms. The van der Waals surface area contributed by atoms with E-state index in [1.54, 1.807) is 42.7 Å². The number of fused-ring (bicyclic) bond motifs is 1. The summed E-state index contributed by atoms with van der Waals surface area (Å²) < 4.78 is 27.9. The number of aromatic amines is 1. The number of anilines is 2. The summed E-state index contributed by atoms with van der Waals surface area (Å²) in [5.41, 5.74) is 2.01. The van der Waals surface area contributed by atoms with Gasteiger partial charge in [0.1, 0.15) is 5.65 Å². The molecule has 2 aromatic heterocycles. The predicted octanol–water partition coefficient (Wildman–Crippen LogP) is 5.69. The Labute approximate surface area is 243 Å². The number of unbranched alkanes of at least 4 members (excludes halogenated alkanes) is 1. The van der Waals surface area contributed by atoms with Crippen molar-refractivity contribution in [3.05, 3.63) is 83.1 Å². The third-order valence-electron chi connectivity index (χ3n) is 6.98. The van der Waals surface area contributed by atoms with Gasteiger partial charge in [-0.3, -0.25) is 4.90 Å². The zero-order valence-corrected chi connectivity index (χ0v) is 24.1. The number of piperazine rings is 1. The summed E-state index contributed by atoms with van der Waals surface area (Å²) >= 11 is 12.6. The molecule has 0 bridgehead atoms. The summed E-state index contributed by atoms with van der Waals surface area (Å²) in [7, 11) is -4.06. The molecule has 210 valence electrons. The third kappa shape index (κ3) is 6.20. The fourth-order valence-corrected chi connectivity index (χ4v) is 6.63. The number of nitrogens with one attached hydrogen (secondary N) is 2. The molecule has 3 heterocycles. The molecule has 2 N–H and O–H groups in total. The molecule has 1 aliphatic rings. The number of hydrogen-bond acceptors (Lipinski definition) is 6. The van der Waals surface area contributed by atoms with Crippen LogP contribution in [0.3, 0.4) is 0 Å². The first-order valence-corrected chi connectivity index (χ1v) is 15.3. The molecule has 0 radical (unpaired) electrons. The quantitative estimate of drug-likeness (QED) is 0.239. The number of amides is 2. The zero-order chi connectivity index (χ0) is 28.1. The number of halogens is 2. The monoisotopic (exact) mass is 600 g/mol. The summed E-state index contributed by atoms with van der Waals surface area (Å²) in [6.07, 6.45) is 4.51. The second-order valence-corrected chi connectivity index (χ2v) is 12.2. The molecular formula is C28H30Cl2N6O3S. The van der Waals surface area contributed by atoms with E-state index in [9.17, 15) is 13.2 Å². The van der Waals surface area contributed by atoms with Gasteiger partial charge in [0.2, 0.25) is 0 Å². The van der Waals surface area contributed by atoms with Gasteiger partial charge in [0.25, 0.3) is 10.0 Å². The molecule has 0 unspecified atom stereocenters. The molecule has 0 aliphatic carbocycles. The molecular weight excluding hydrogens is 571 g/mol. The highest BCUT2D eigenvalue weighted by Crippen LogP contribution is 2.33. The van der Waals surface area contributed by atoms with Crippen molar-refractivity contribution in [3.8, 4) is 0 Å². The lowest BCUT2D eigenvalue weighted by atomic mass is 10.2. The van der Waals surface area contributed by atoms with E-state index < -0.39 is 16.1 Å². The highest BCUT2D eigenvalue weighted by atomic mass is 35.5. The fraction of sp³-hybridized carbons (Fsp3) is 0.286. The van der Waals surface area contributed by atoms with Crippen LogP contribution in [-0.2, 0) is 10.0 Å². The highest BCUT2D eigenvalue weighted by molar-refractivity contribution is 7.89. The Bertz CT molecular complexity index is 1570. The van der Waals surface area contributed by atoms with E-state index in [-0.39, 0.29) is 11.4 Å². The maximum atomic E-state index is 13.5. The van der Waals surface area contributed by atoms with Gasteiger partial charge < -0.3 is 15.2 Å². The van der Waals surface area contributed by atoms with E-state index in [1.165, 1.54) is 12.1 Å². The topological polar surface area (TPSA) is 102 Å². The van der Waals surface area contributed by atoms with Crippen LogP contribution >= 0.6 is 23.2 Å². The number of carbonyl (C=O) groups excluding carboxylic acids is 1. The number of aromatic nitrogens is 2. The highest BCUT2D eigenvalue weighted by Gasteiger charge is 2.29. The number of sulfonamides is 1. The Morgan fingerprint density at radius 3 is 2.52 bits per heavy atom. The lowest BCUT2D eigenvalue weighted by molar-refractivity contribution is 0.231. The Balaban J connectivity index is 1.20. The van der Waals surface area contributed by atoms with Gasteiger partial charge in [0.15, 0.2) is 0 Å². The minimum Gasteiger partial charge on any atom is -0.368 e. The van der Waals surface area contributed by atoms with Crippen LogP contribution < -0.4 is 10.2 Å². The number of nitrogens with zero attached hydrogens (tertiary/aromatic N) is 4. The molecule has 1 aliphatic heterocycles. The molecule has 12 heteroatoms. The number of H-pyrrole nitrogens is 1. The van der Waals surface area contributed by atoms with E-state index in [0.717, 1.165) is 49.1 Å². The van der Waals surface area contributed by atoms with Gasteiger partial charge in [0.05, 0.1) is 26.3 Å². The lowest BCUT2D eigenvalue weighted by Crippen LogP contribution is -2.47. The average Bonchev–Trinajstić information content (AvgIpc) is 3.37. The molecule has 2 amide bonds. The summed E-state index contributed by atoms with van der Waals surface area (Å²) in [4.78, 5) is 25.2. The SMILES string of the molecule is O=C(Nc1c[nH]c2ncccc12)N(CCCCN1CCN(c2cccc(Cl)c2Cl)CC1)S(=O)(=O)c1ccccc1. The van der Waals surface area contributed by atoms with Gasteiger partial charge in [-0.15, -0.1) is 0 Å². The molecule has 5 rings (SSSR count).